The lowest BCUT2D eigenvalue weighted by molar-refractivity contribution is 0.102. The van der Waals surface area contributed by atoms with Crippen molar-refractivity contribution >= 4 is 34.8 Å². The number of anilines is 1. The average molecular weight is 284 g/mol. The molecule has 0 aliphatic rings. The number of H-pyrrole nitrogens is 1. The van der Waals surface area contributed by atoms with Gasteiger partial charge in [0.25, 0.3) is 11.5 Å². The second-order valence-electron chi connectivity index (χ2n) is 3.38. The van der Waals surface area contributed by atoms with Gasteiger partial charge in [0.2, 0.25) is 0 Å². The monoisotopic (exact) mass is 283 g/mol. The number of halogens is 2. The Morgan fingerprint density at radius 1 is 1.22 bits per heavy atom. The summed E-state index contributed by atoms with van der Waals surface area (Å²) >= 11 is 11.6. The number of amides is 1. The molecule has 0 saturated carbocycles. The Balaban J connectivity index is 2.21. The summed E-state index contributed by atoms with van der Waals surface area (Å²) < 4.78 is 0. The maximum atomic E-state index is 11.8. The summed E-state index contributed by atoms with van der Waals surface area (Å²) in [5.74, 6) is -0.500. The molecule has 1 aromatic heterocycles. The minimum atomic E-state index is -0.500. The van der Waals surface area contributed by atoms with Crippen molar-refractivity contribution in [2.75, 3.05) is 5.32 Å². The summed E-state index contributed by atoms with van der Waals surface area (Å²) in [4.78, 5) is 28.9. The van der Waals surface area contributed by atoms with Gasteiger partial charge >= 0.3 is 0 Å². The molecule has 0 unspecified atom stereocenters. The predicted molar refractivity (Wildman–Crippen MR) is 69.3 cm³/mol. The van der Waals surface area contributed by atoms with E-state index in [4.69, 9.17) is 23.2 Å². The van der Waals surface area contributed by atoms with Gasteiger partial charge in [-0.3, -0.25) is 9.59 Å². The van der Waals surface area contributed by atoms with Crippen LogP contribution in [0.25, 0.3) is 0 Å². The summed E-state index contributed by atoms with van der Waals surface area (Å²) in [6, 6.07) is 5.77. The van der Waals surface area contributed by atoms with Gasteiger partial charge in [-0.05, 0) is 18.2 Å². The van der Waals surface area contributed by atoms with E-state index in [1.807, 2.05) is 0 Å². The molecule has 2 aromatic rings. The summed E-state index contributed by atoms with van der Waals surface area (Å²) in [6.07, 6.45) is 1.16. The first-order valence-corrected chi connectivity index (χ1v) is 5.63. The summed E-state index contributed by atoms with van der Waals surface area (Å²) in [5, 5.41) is 3.28. The normalized spacial score (nSPS) is 10.1. The highest BCUT2D eigenvalue weighted by Crippen LogP contribution is 2.25. The van der Waals surface area contributed by atoms with Gasteiger partial charge in [0, 0.05) is 11.8 Å². The van der Waals surface area contributed by atoms with Gasteiger partial charge in [0.1, 0.15) is 5.69 Å². The number of aromatic amines is 1. The second-order valence-corrected chi connectivity index (χ2v) is 4.19. The van der Waals surface area contributed by atoms with Crippen molar-refractivity contribution < 1.29 is 4.79 Å². The largest absolute Gasteiger partial charge is 0.321 e. The molecule has 1 amide bonds. The maximum Gasteiger partial charge on any atom is 0.274 e. The van der Waals surface area contributed by atoms with Crippen molar-refractivity contribution in [1.29, 1.82) is 0 Å². The highest BCUT2D eigenvalue weighted by atomic mass is 35.5. The Hall–Kier alpha value is -1.85. The molecule has 0 atom stereocenters. The number of hydrogen-bond acceptors (Lipinski definition) is 3. The number of carbonyl (C=O) groups is 1. The molecule has 5 nitrogen and oxygen atoms in total. The zero-order valence-corrected chi connectivity index (χ0v) is 10.4. The van der Waals surface area contributed by atoms with Crippen molar-refractivity contribution in [3.63, 3.8) is 0 Å². The zero-order chi connectivity index (χ0) is 13.1. The predicted octanol–water partition coefficient (Wildman–Crippen LogP) is 2.33. The molecule has 0 saturated heterocycles. The molecule has 92 valence electrons. The third-order valence-electron chi connectivity index (χ3n) is 2.09. The number of carbonyl (C=O) groups excluding carboxylic acids is 1. The fraction of sp³-hybridized carbons (Fsp3) is 0. The van der Waals surface area contributed by atoms with Crippen molar-refractivity contribution in [1.82, 2.24) is 9.97 Å². The topological polar surface area (TPSA) is 74.8 Å². The first-order chi connectivity index (χ1) is 8.56. The highest BCUT2D eigenvalue weighted by Gasteiger charge is 2.09. The Morgan fingerprint density at radius 3 is 2.67 bits per heavy atom. The van der Waals surface area contributed by atoms with E-state index in [1.165, 1.54) is 6.07 Å². The standard InChI is InChI=1S/C11H7Cl2N3O2/c12-7-2-1-6(3-8(7)13)16-11(18)9-4-10(17)15-5-14-9/h1-5H,(H,16,18)(H,14,15,17). The van der Waals surface area contributed by atoms with Crippen LogP contribution >= 0.6 is 23.2 Å². The number of benzene rings is 1. The smallest absolute Gasteiger partial charge is 0.274 e. The lowest BCUT2D eigenvalue weighted by Crippen LogP contribution is -2.17. The van der Waals surface area contributed by atoms with E-state index >= 15 is 0 Å². The molecule has 0 aliphatic carbocycles. The fourth-order valence-corrected chi connectivity index (χ4v) is 1.56. The zero-order valence-electron chi connectivity index (χ0n) is 8.91. The first-order valence-electron chi connectivity index (χ1n) is 4.87. The van der Waals surface area contributed by atoms with Crippen LogP contribution in [-0.4, -0.2) is 15.9 Å². The van der Waals surface area contributed by atoms with Crippen molar-refractivity contribution in [2.24, 2.45) is 0 Å². The molecule has 0 fully saturated rings. The van der Waals surface area contributed by atoms with Gasteiger partial charge < -0.3 is 10.3 Å². The van der Waals surface area contributed by atoms with Crippen molar-refractivity contribution in [3.8, 4) is 0 Å². The highest BCUT2D eigenvalue weighted by molar-refractivity contribution is 6.42. The van der Waals surface area contributed by atoms with Gasteiger partial charge in [0.05, 0.1) is 16.4 Å². The van der Waals surface area contributed by atoms with Crippen LogP contribution in [0.2, 0.25) is 10.0 Å². The van der Waals surface area contributed by atoms with E-state index in [-0.39, 0.29) is 5.69 Å². The molecule has 2 N–H and O–H groups in total. The van der Waals surface area contributed by atoms with E-state index in [2.05, 4.69) is 15.3 Å². The summed E-state index contributed by atoms with van der Waals surface area (Å²) in [5.41, 5.74) is 0.0885. The summed E-state index contributed by atoms with van der Waals surface area (Å²) in [6.45, 7) is 0. The van der Waals surface area contributed by atoms with E-state index in [0.717, 1.165) is 12.4 Å². The quantitative estimate of drug-likeness (QED) is 0.888. The molecule has 1 aromatic carbocycles. The van der Waals surface area contributed by atoms with E-state index in [9.17, 15) is 9.59 Å². The van der Waals surface area contributed by atoms with Crippen LogP contribution in [0.4, 0.5) is 5.69 Å². The molecular weight excluding hydrogens is 277 g/mol. The lowest BCUT2D eigenvalue weighted by atomic mass is 10.3. The SMILES string of the molecule is O=C(Nc1ccc(Cl)c(Cl)c1)c1cc(=O)[nH]cn1. The number of aromatic nitrogens is 2. The van der Waals surface area contributed by atoms with E-state index in [0.29, 0.717) is 15.7 Å². The molecule has 18 heavy (non-hydrogen) atoms. The van der Waals surface area contributed by atoms with Crippen LogP contribution in [-0.2, 0) is 0 Å². The van der Waals surface area contributed by atoms with Crippen LogP contribution in [0.1, 0.15) is 10.5 Å². The molecule has 2 rings (SSSR count). The molecule has 0 aliphatic heterocycles. The molecule has 0 spiro atoms. The number of nitrogens with zero attached hydrogens (tertiary/aromatic N) is 1. The number of hydrogen-bond donors (Lipinski definition) is 2. The Bertz CT molecular complexity index is 655. The van der Waals surface area contributed by atoms with Crippen LogP contribution < -0.4 is 10.9 Å². The van der Waals surface area contributed by atoms with Gasteiger partial charge in [-0.1, -0.05) is 23.2 Å². The fourth-order valence-electron chi connectivity index (χ4n) is 1.26. The van der Waals surface area contributed by atoms with E-state index in [1.54, 1.807) is 12.1 Å². The third-order valence-corrected chi connectivity index (χ3v) is 2.83. The minimum absolute atomic E-state index is 0.0184. The van der Waals surface area contributed by atoms with Gasteiger partial charge in [-0.25, -0.2) is 4.98 Å². The number of rotatable bonds is 2. The Morgan fingerprint density at radius 2 is 2.00 bits per heavy atom. The molecular formula is C11H7Cl2N3O2. The second kappa shape index (κ2) is 5.20. The third kappa shape index (κ3) is 2.88. The molecule has 0 radical (unpaired) electrons. The summed E-state index contributed by atoms with van der Waals surface area (Å²) in [7, 11) is 0. The molecule has 0 bridgehead atoms. The lowest BCUT2D eigenvalue weighted by Gasteiger charge is -2.05. The van der Waals surface area contributed by atoms with Crippen LogP contribution in [0.3, 0.4) is 0 Å². The maximum absolute atomic E-state index is 11.8. The Labute approximate surface area is 112 Å². The van der Waals surface area contributed by atoms with Crippen molar-refractivity contribution in [3.05, 3.63) is 56.7 Å². The minimum Gasteiger partial charge on any atom is -0.321 e. The van der Waals surface area contributed by atoms with Crippen LogP contribution in [0, 0.1) is 0 Å². The average Bonchev–Trinajstić information content (AvgIpc) is 2.34. The van der Waals surface area contributed by atoms with Gasteiger partial charge in [-0.2, -0.15) is 0 Å². The van der Waals surface area contributed by atoms with Gasteiger partial charge in [-0.15, -0.1) is 0 Å². The van der Waals surface area contributed by atoms with Crippen molar-refractivity contribution in [2.45, 2.75) is 0 Å². The van der Waals surface area contributed by atoms with E-state index < -0.39 is 11.5 Å². The van der Waals surface area contributed by atoms with Gasteiger partial charge in [0.15, 0.2) is 0 Å². The first kappa shape index (κ1) is 12.6. The van der Waals surface area contributed by atoms with Crippen LogP contribution in [0.5, 0.6) is 0 Å². The molecule has 7 heteroatoms. The van der Waals surface area contributed by atoms with Crippen LogP contribution in [0.15, 0.2) is 35.4 Å². The Kier molecular flexibility index (Phi) is 3.64. The number of nitrogens with one attached hydrogen (secondary N) is 2. The molecule has 1 heterocycles.